The minimum Gasteiger partial charge on any atom is -0.378 e. The molecule has 0 saturated carbocycles. The Morgan fingerprint density at radius 2 is 2.05 bits per heavy atom. The van der Waals surface area contributed by atoms with Crippen LogP contribution < -0.4 is 5.32 Å². The van der Waals surface area contributed by atoms with Crippen molar-refractivity contribution < 1.29 is 4.74 Å². The quantitative estimate of drug-likeness (QED) is 0.890. The molecule has 0 bridgehead atoms. The maximum atomic E-state index is 9.15. The van der Waals surface area contributed by atoms with Crippen LogP contribution in [0.3, 0.4) is 0 Å². The Morgan fingerprint density at radius 3 is 2.58 bits per heavy atom. The summed E-state index contributed by atoms with van der Waals surface area (Å²) in [6, 6.07) is 7.58. The van der Waals surface area contributed by atoms with Gasteiger partial charge in [0.1, 0.15) is 6.07 Å². The standard InChI is InChI=1S/C15H19ClN2O/c1-14(2)8-13(15(3,4)19-14)18-12-7-11(16)6-5-10(12)9-17/h5-7,13,18H,8H2,1-4H3. The highest BCUT2D eigenvalue weighted by molar-refractivity contribution is 6.30. The summed E-state index contributed by atoms with van der Waals surface area (Å²) in [5.41, 5.74) is 0.935. The maximum absolute atomic E-state index is 9.15. The molecule has 2 rings (SSSR count). The molecule has 0 spiro atoms. The number of nitrogens with zero attached hydrogens (tertiary/aromatic N) is 1. The highest BCUT2D eigenvalue weighted by Gasteiger charge is 2.45. The fraction of sp³-hybridized carbons (Fsp3) is 0.533. The Hall–Kier alpha value is -1.24. The van der Waals surface area contributed by atoms with Gasteiger partial charge in [-0.3, -0.25) is 0 Å². The fourth-order valence-electron chi connectivity index (χ4n) is 2.71. The molecule has 1 heterocycles. The molecule has 1 aliphatic rings. The Morgan fingerprint density at radius 1 is 1.37 bits per heavy atom. The molecule has 0 aliphatic carbocycles. The summed E-state index contributed by atoms with van der Waals surface area (Å²) in [4.78, 5) is 0. The van der Waals surface area contributed by atoms with Crippen LogP contribution in [0.1, 0.15) is 39.7 Å². The molecule has 1 fully saturated rings. The molecule has 1 aliphatic heterocycles. The van der Waals surface area contributed by atoms with Crippen LogP contribution in [0.25, 0.3) is 0 Å². The first-order valence-corrected chi connectivity index (χ1v) is 6.78. The molecule has 1 atom stereocenters. The molecule has 0 aromatic heterocycles. The summed E-state index contributed by atoms with van der Waals surface area (Å²) in [5, 5.41) is 13.2. The minimum absolute atomic E-state index is 0.146. The van der Waals surface area contributed by atoms with E-state index in [4.69, 9.17) is 21.6 Å². The van der Waals surface area contributed by atoms with Crippen molar-refractivity contribution in [1.29, 1.82) is 5.26 Å². The molecule has 102 valence electrons. The van der Waals surface area contributed by atoms with Crippen LogP contribution in [0, 0.1) is 11.3 Å². The molecule has 1 N–H and O–H groups in total. The van der Waals surface area contributed by atoms with Crippen LogP contribution >= 0.6 is 11.6 Å². The first kappa shape index (κ1) is 14.2. The average Bonchev–Trinajstić information content (AvgIpc) is 2.47. The molecule has 1 unspecified atom stereocenters. The molecule has 1 aromatic rings. The molecule has 1 saturated heterocycles. The number of hydrogen-bond acceptors (Lipinski definition) is 3. The fourth-order valence-corrected chi connectivity index (χ4v) is 2.88. The lowest BCUT2D eigenvalue weighted by atomic mass is 9.94. The molecule has 1 aromatic carbocycles. The lowest BCUT2D eigenvalue weighted by Gasteiger charge is -2.28. The van der Waals surface area contributed by atoms with E-state index < -0.39 is 0 Å². The number of rotatable bonds is 2. The lowest BCUT2D eigenvalue weighted by molar-refractivity contribution is -0.0662. The number of hydrogen-bond donors (Lipinski definition) is 1. The van der Waals surface area contributed by atoms with Crippen molar-refractivity contribution in [2.75, 3.05) is 5.32 Å². The molecule has 3 nitrogen and oxygen atoms in total. The van der Waals surface area contributed by atoms with Gasteiger partial charge in [0, 0.05) is 5.02 Å². The van der Waals surface area contributed by atoms with E-state index in [9.17, 15) is 0 Å². The van der Waals surface area contributed by atoms with Gasteiger partial charge in [-0.15, -0.1) is 0 Å². The van der Waals surface area contributed by atoms with E-state index in [1.807, 2.05) is 0 Å². The third-order valence-corrected chi connectivity index (χ3v) is 3.74. The average molecular weight is 279 g/mol. The molecule has 0 radical (unpaired) electrons. The monoisotopic (exact) mass is 278 g/mol. The summed E-state index contributed by atoms with van der Waals surface area (Å²) in [6.45, 7) is 8.30. The summed E-state index contributed by atoms with van der Waals surface area (Å²) >= 11 is 6.01. The summed E-state index contributed by atoms with van der Waals surface area (Å²) in [6.07, 6.45) is 0.886. The van der Waals surface area contributed by atoms with Gasteiger partial charge in [-0.25, -0.2) is 0 Å². The van der Waals surface area contributed by atoms with E-state index in [0.29, 0.717) is 10.6 Å². The molecular weight excluding hydrogens is 260 g/mol. The van der Waals surface area contributed by atoms with Crippen molar-refractivity contribution in [3.63, 3.8) is 0 Å². The van der Waals surface area contributed by atoms with Gasteiger partial charge in [-0.1, -0.05) is 11.6 Å². The molecule has 4 heteroatoms. The number of halogens is 1. The van der Waals surface area contributed by atoms with Crippen molar-refractivity contribution in [2.45, 2.75) is 51.4 Å². The Balaban J connectivity index is 2.27. The summed E-state index contributed by atoms with van der Waals surface area (Å²) < 4.78 is 6.05. The van der Waals surface area contributed by atoms with Crippen molar-refractivity contribution in [2.24, 2.45) is 0 Å². The highest BCUT2D eigenvalue weighted by Crippen LogP contribution is 2.39. The first-order chi connectivity index (χ1) is 8.73. The predicted molar refractivity (Wildman–Crippen MR) is 77.4 cm³/mol. The second-order valence-electron chi connectivity index (χ2n) is 6.17. The highest BCUT2D eigenvalue weighted by atomic mass is 35.5. The predicted octanol–water partition coefficient (Wildman–Crippen LogP) is 3.97. The van der Waals surface area contributed by atoms with Crippen LogP contribution in [0.2, 0.25) is 5.02 Å². The summed E-state index contributed by atoms with van der Waals surface area (Å²) in [5.74, 6) is 0. The van der Waals surface area contributed by atoms with E-state index in [2.05, 4.69) is 39.1 Å². The van der Waals surface area contributed by atoms with E-state index in [-0.39, 0.29) is 17.2 Å². The van der Waals surface area contributed by atoms with Crippen LogP contribution in [0.5, 0.6) is 0 Å². The van der Waals surface area contributed by atoms with Crippen LogP contribution in [0.4, 0.5) is 5.69 Å². The number of nitriles is 1. The zero-order valence-electron chi connectivity index (χ0n) is 11.7. The second kappa shape index (κ2) is 4.70. The molecule has 19 heavy (non-hydrogen) atoms. The Kier molecular flexibility index (Phi) is 3.51. The SMILES string of the molecule is CC1(C)CC(Nc2cc(Cl)ccc2C#N)C(C)(C)O1. The van der Waals surface area contributed by atoms with Gasteiger partial charge >= 0.3 is 0 Å². The van der Waals surface area contributed by atoms with Gasteiger partial charge in [0.25, 0.3) is 0 Å². The number of anilines is 1. The van der Waals surface area contributed by atoms with Gasteiger partial charge in [-0.2, -0.15) is 5.26 Å². The van der Waals surface area contributed by atoms with E-state index in [0.717, 1.165) is 12.1 Å². The molecule has 0 amide bonds. The van der Waals surface area contributed by atoms with E-state index in [1.54, 1.807) is 18.2 Å². The van der Waals surface area contributed by atoms with Gasteiger partial charge in [0.05, 0.1) is 28.5 Å². The number of benzene rings is 1. The van der Waals surface area contributed by atoms with Gasteiger partial charge in [0.15, 0.2) is 0 Å². The van der Waals surface area contributed by atoms with Crippen molar-refractivity contribution in [3.8, 4) is 6.07 Å². The second-order valence-corrected chi connectivity index (χ2v) is 6.60. The van der Waals surface area contributed by atoms with Crippen LogP contribution in [-0.4, -0.2) is 17.2 Å². The topological polar surface area (TPSA) is 45.0 Å². The van der Waals surface area contributed by atoms with Crippen molar-refractivity contribution in [3.05, 3.63) is 28.8 Å². The molecular formula is C15H19ClN2O. The lowest BCUT2D eigenvalue weighted by Crippen LogP contribution is -2.38. The number of ether oxygens (including phenoxy) is 1. The van der Waals surface area contributed by atoms with Gasteiger partial charge in [0.2, 0.25) is 0 Å². The third-order valence-electron chi connectivity index (χ3n) is 3.51. The Bertz CT molecular complexity index is 531. The zero-order valence-corrected chi connectivity index (χ0v) is 12.5. The summed E-state index contributed by atoms with van der Waals surface area (Å²) in [7, 11) is 0. The van der Waals surface area contributed by atoms with E-state index in [1.165, 1.54) is 0 Å². The minimum atomic E-state index is -0.279. The van der Waals surface area contributed by atoms with Crippen molar-refractivity contribution in [1.82, 2.24) is 0 Å². The smallest absolute Gasteiger partial charge is 0.101 e. The largest absolute Gasteiger partial charge is 0.378 e. The Labute approximate surface area is 119 Å². The van der Waals surface area contributed by atoms with Crippen LogP contribution in [0.15, 0.2) is 18.2 Å². The first-order valence-electron chi connectivity index (χ1n) is 6.40. The van der Waals surface area contributed by atoms with E-state index >= 15 is 0 Å². The third kappa shape index (κ3) is 3.02. The zero-order chi connectivity index (χ0) is 14.3. The van der Waals surface area contributed by atoms with Crippen LogP contribution in [-0.2, 0) is 4.74 Å². The van der Waals surface area contributed by atoms with Crippen molar-refractivity contribution >= 4 is 17.3 Å². The number of nitrogens with one attached hydrogen (secondary N) is 1. The van der Waals surface area contributed by atoms with Gasteiger partial charge in [-0.05, 0) is 52.3 Å². The maximum Gasteiger partial charge on any atom is 0.101 e. The van der Waals surface area contributed by atoms with Gasteiger partial charge < -0.3 is 10.1 Å². The normalized spacial score (nSPS) is 23.9.